The quantitative estimate of drug-likeness (QED) is 0.648. The van der Waals surface area contributed by atoms with Crippen molar-refractivity contribution in [3.8, 4) is 0 Å². The molecule has 0 spiro atoms. The van der Waals surface area contributed by atoms with E-state index in [4.69, 9.17) is 9.47 Å². The predicted molar refractivity (Wildman–Crippen MR) is 65.7 cm³/mol. The first-order chi connectivity index (χ1) is 7.51. The summed E-state index contributed by atoms with van der Waals surface area (Å²) < 4.78 is 10.5. The molecule has 4 nitrogen and oxygen atoms in total. The Morgan fingerprint density at radius 1 is 1.19 bits per heavy atom. The summed E-state index contributed by atoms with van der Waals surface area (Å²) in [7, 11) is 1.70. The van der Waals surface area contributed by atoms with Gasteiger partial charge in [0.05, 0.1) is 25.4 Å². The Morgan fingerprint density at radius 2 is 1.81 bits per heavy atom. The zero-order valence-corrected chi connectivity index (χ0v) is 11.3. The Kier molecular flexibility index (Phi) is 8.84. The zero-order valence-electron chi connectivity index (χ0n) is 11.3. The number of nitrogens with zero attached hydrogens (tertiary/aromatic N) is 1. The molecule has 1 N–H and O–H groups in total. The van der Waals surface area contributed by atoms with Crippen LogP contribution in [0, 0.1) is 0 Å². The Hall–Kier alpha value is -0.160. The van der Waals surface area contributed by atoms with Gasteiger partial charge in [-0.2, -0.15) is 0 Å². The number of aliphatic hydroxyl groups excluding tert-OH is 1. The first-order valence-corrected chi connectivity index (χ1v) is 6.03. The Labute approximate surface area is 99.5 Å². The molecular weight excluding hydrogens is 206 g/mol. The van der Waals surface area contributed by atoms with Crippen LogP contribution in [0.2, 0.25) is 0 Å². The average Bonchev–Trinajstić information content (AvgIpc) is 2.23. The van der Waals surface area contributed by atoms with Crippen molar-refractivity contribution in [1.29, 1.82) is 0 Å². The molecular formula is C12H27NO3. The Balaban J connectivity index is 3.91. The van der Waals surface area contributed by atoms with E-state index in [1.54, 1.807) is 7.11 Å². The average molecular weight is 233 g/mol. The fraction of sp³-hybridized carbons (Fsp3) is 1.00. The summed E-state index contributed by atoms with van der Waals surface area (Å²) >= 11 is 0. The normalized spacial score (nSPS) is 15.8. The van der Waals surface area contributed by atoms with E-state index in [0.29, 0.717) is 25.8 Å². The summed E-state index contributed by atoms with van der Waals surface area (Å²) in [5.74, 6) is 0. The van der Waals surface area contributed by atoms with Crippen molar-refractivity contribution in [1.82, 2.24) is 4.90 Å². The van der Waals surface area contributed by atoms with E-state index in [2.05, 4.69) is 18.7 Å². The lowest BCUT2D eigenvalue weighted by Crippen LogP contribution is -2.42. The smallest absolute Gasteiger partial charge is 0.0900 e. The van der Waals surface area contributed by atoms with Crippen LogP contribution in [0.15, 0.2) is 0 Å². The van der Waals surface area contributed by atoms with Crippen molar-refractivity contribution < 1.29 is 14.6 Å². The minimum atomic E-state index is -0.429. The number of likely N-dealkylation sites (N-methyl/N-ethyl adjacent to an activating group) is 1. The van der Waals surface area contributed by atoms with E-state index >= 15 is 0 Å². The van der Waals surface area contributed by atoms with Gasteiger partial charge in [-0.05, 0) is 27.3 Å². The molecule has 0 aliphatic carbocycles. The van der Waals surface area contributed by atoms with Crippen LogP contribution in [-0.4, -0.2) is 61.7 Å². The first-order valence-electron chi connectivity index (χ1n) is 6.03. The van der Waals surface area contributed by atoms with Crippen LogP contribution in [0.4, 0.5) is 0 Å². The molecule has 0 fully saturated rings. The molecule has 2 atom stereocenters. The van der Waals surface area contributed by atoms with Crippen LogP contribution in [0.1, 0.15) is 27.7 Å². The molecule has 0 aromatic carbocycles. The van der Waals surface area contributed by atoms with Gasteiger partial charge in [0.25, 0.3) is 0 Å². The molecule has 0 aromatic heterocycles. The van der Waals surface area contributed by atoms with E-state index in [-0.39, 0.29) is 6.10 Å². The first kappa shape index (κ1) is 15.8. The molecule has 0 amide bonds. The van der Waals surface area contributed by atoms with Crippen LogP contribution in [0.25, 0.3) is 0 Å². The molecule has 2 unspecified atom stereocenters. The molecule has 16 heavy (non-hydrogen) atoms. The number of methoxy groups -OCH3 is 1. The van der Waals surface area contributed by atoms with Crippen molar-refractivity contribution >= 4 is 0 Å². The minimum Gasteiger partial charge on any atom is -0.389 e. The Morgan fingerprint density at radius 3 is 2.25 bits per heavy atom. The van der Waals surface area contributed by atoms with Gasteiger partial charge in [-0.15, -0.1) is 0 Å². The summed E-state index contributed by atoms with van der Waals surface area (Å²) in [6, 6.07) is 0.323. The van der Waals surface area contributed by atoms with Crippen molar-refractivity contribution in [3.05, 3.63) is 0 Å². The molecule has 0 heterocycles. The lowest BCUT2D eigenvalue weighted by molar-refractivity contribution is -0.0175. The molecule has 0 aromatic rings. The van der Waals surface area contributed by atoms with Gasteiger partial charge in [-0.25, -0.2) is 0 Å². The second-order valence-electron chi connectivity index (χ2n) is 4.43. The summed E-state index contributed by atoms with van der Waals surface area (Å²) in [5.41, 5.74) is 0. The van der Waals surface area contributed by atoms with Crippen molar-refractivity contribution in [3.63, 3.8) is 0 Å². The van der Waals surface area contributed by atoms with Gasteiger partial charge in [0, 0.05) is 19.7 Å². The lowest BCUT2D eigenvalue weighted by Gasteiger charge is -2.29. The second kappa shape index (κ2) is 8.93. The van der Waals surface area contributed by atoms with E-state index in [1.165, 1.54) is 0 Å². The van der Waals surface area contributed by atoms with Gasteiger partial charge in [-0.3, -0.25) is 4.90 Å². The third-order valence-electron chi connectivity index (χ3n) is 2.50. The lowest BCUT2D eigenvalue weighted by atomic mass is 10.2. The van der Waals surface area contributed by atoms with Crippen LogP contribution < -0.4 is 0 Å². The third-order valence-corrected chi connectivity index (χ3v) is 2.50. The molecule has 0 rings (SSSR count). The summed E-state index contributed by atoms with van der Waals surface area (Å²) in [4.78, 5) is 2.19. The fourth-order valence-corrected chi connectivity index (χ4v) is 1.59. The van der Waals surface area contributed by atoms with Crippen LogP contribution in [0.5, 0.6) is 0 Å². The maximum atomic E-state index is 9.81. The molecule has 0 saturated heterocycles. The van der Waals surface area contributed by atoms with Gasteiger partial charge in [0.2, 0.25) is 0 Å². The van der Waals surface area contributed by atoms with Gasteiger partial charge < -0.3 is 14.6 Å². The molecule has 0 aliphatic heterocycles. The monoisotopic (exact) mass is 233 g/mol. The van der Waals surface area contributed by atoms with Gasteiger partial charge in [0.15, 0.2) is 0 Å². The van der Waals surface area contributed by atoms with E-state index in [9.17, 15) is 5.11 Å². The predicted octanol–water partition coefficient (Wildman–Crippen LogP) is 1.13. The Bertz CT molecular complexity index is 164. The molecule has 0 radical (unpaired) electrons. The molecule has 4 heteroatoms. The highest BCUT2D eigenvalue weighted by Gasteiger charge is 2.16. The summed E-state index contributed by atoms with van der Waals surface area (Å²) in [5, 5.41) is 9.81. The summed E-state index contributed by atoms with van der Waals surface area (Å²) in [6.45, 7) is 10.7. The molecule has 0 aliphatic rings. The highest BCUT2D eigenvalue weighted by molar-refractivity contribution is 4.69. The second-order valence-corrected chi connectivity index (χ2v) is 4.43. The standard InChI is InChI=1S/C12H27NO3/c1-6-13(11(4)8-15-5)7-12(14)9-16-10(2)3/h10-12,14H,6-9H2,1-5H3. The van der Waals surface area contributed by atoms with Gasteiger partial charge in [0.1, 0.15) is 0 Å². The van der Waals surface area contributed by atoms with Crippen molar-refractivity contribution in [2.75, 3.05) is 33.4 Å². The fourth-order valence-electron chi connectivity index (χ4n) is 1.59. The zero-order chi connectivity index (χ0) is 12.6. The number of ether oxygens (including phenoxy) is 2. The van der Waals surface area contributed by atoms with E-state index < -0.39 is 6.10 Å². The molecule has 0 saturated carbocycles. The highest BCUT2D eigenvalue weighted by atomic mass is 16.5. The van der Waals surface area contributed by atoms with E-state index in [1.807, 2.05) is 13.8 Å². The number of aliphatic hydroxyl groups is 1. The third kappa shape index (κ3) is 7.17. The van der Waals surface area contributed by atoms with Crippen LogP contribution in [0.3, 0.4) is 0 Å². The number of hydrogen-bond acceptors (Lipinski definition) is 4. The SMILES string of the molecule is CCN(CC(O)COC(C)C)C(C)COC. The maximum Gasteiger partial charge on any atom is 0.0900 e. The number of rotatable bonds is 9. The van der Waals surface area contributed by atoms with E-state index in [0.717, 1.165) is 6.54 Å². The van der Waals surface area contributed by atoms with Gasteiger partial charge in [-0.1, -0.05) is 6.92 Å². The van der Waals surface area contributed by atoms with Crippen molar-refractivity contribution in [2.45, 2.75) is 45.9 Å². The maximum absolute atomic E-state index is 9.81. The van der Waals surface area contributed by atoms with Crippen LogP contribution in [-0.2, 0) is 9.47 Å². The van der Waals surface area contributed by atoms with Crippen LogP contribution >= 0.6 is 0 Å². The molecule has 0 bridgehead atoms. The van der Waals surface area contributed by atoms with Gasteiger partial charge >= 0.3 is 0 Å². The van der Waals surface area contributed by atoms with Crippen molar-refractivity contribution in [2.24, 2.45) is 0 Å². The number of hydrogen-bond donors (Lipinski definition) is 1. The minimum absolute atomic E-state index is 0.168. The summed E-state index contributed by atoms with van der Waals surface area (Å²) in [6.07, 6.45) is -0.261. The largest absolute Gasteiger partial charge is 0.389 e. The highest BCUT2D eigenvalue weighted by Crippen LogP contribution is 2.02. The molecule has 98 valence electrons. The topological polar surface area (TPSA) is 41.9 Å².